The van der Waals surface area contributed by atoms with Gasteiger partial charge in [-0.3, -0.25) is 4.79 Å². The minimum atomic E-state index is -0.309. The number of hydrogen-bond acceptors (Lipinski definition) is 4. The van der Waals surface area contributed by atoms with Crippen LogP contribution in [0.2, 0.25) is 0 Å². The molecule has 0 spiro atoms. The average molecular weight is 452 g/mol. The van der Waals surface area contributed by atoms with Crippen LogP contribution in [0.1, 0.15) is 16.1 Å². The van der Waals surface area contributed by atoms with Crippen molar-refractivity contribution < 1.29 is 13.9 Å². The minimum absolute atomic E-state index is 0.253. The first kappa shape index (κ1) is 21.3. The molecule has 0 fully saturated rings. The zero-order valence-corrected chi connectivity index (χ0v) is 18.6. The minimum Gasteiger partial charge on any atom is -0.497 e. The summed E-state index contributed by atoms with van der Waals surface area (Å²) in [5.74, 6) is 0.0928. The number of carbonyl (C=O) groups excluding carboxylic acids is 1. The van der Waals surface area contributed by atoms with E-state index in [-0.39, 0.29) is 11.7 Å². The Hall–Kier alpha value is -4.52. The topological polar surface area (TPSA) is 69.0 Å². The monoisotopic (exact) mass is 452 g/mol. The molecule has 0 atom stereocenters. The van der Waals surface area contributed by atoms with Crippen LogP contribution in [0.5, 0.6) is 5.75 Å². The molecule has 3 aromatic carbocycles. The van der Waals surface area contributed by atoms with Crippen molar-refractivity contribution in [3.05, 3.63) is 102 Å². The first-order chi connectivity index (χ1) is 16.5. The highest BCUT2D eigenvalue weighted by Crippen LogP contribution is 2.29. The molecular weight excluding hydrogens is 431 g/mol. The van der Waals surface area contributed by atoms with Crippen molar-refractivity contribution in [1.29, 1.82) is 0 Å². The summed E-state index contributed by atoms with van der Waals surface area (Å²) < 4.78 is 20.3. The number of ether oxygens (including phenoxy) is 1. The maximum atomic E-state index is 13.4. The number of pyridine rings is 1. The Labute approximate surface area is 195 Å². The molecule has 0 aliphatic heterocycles. The van der Waals surface area contributed by atoms with Crippen LogP contribution in [0.25, 0.3) is 27.8 Å². The van der Waals surface area contributed by atoms with Crippen LogP contribution in [0.3, 0.4) is 0 Å². The number of nitrogens with zero attached hydrogens (tertiary/aromatic N) is 3. The van der Waals surface area contributed by atoms with E-state index in [1.807, 2.05) is 49.4 Å². The fraction of sp³-hybridized carbons (Fsp3) is 0.0741. The molecule has 0 radical (unpaired) electrons. The van der Waals surface area contributed by atoms with Gasteiger partial charge in [-0.05, 0) is 55.5 Å². The summed E-state index contributed by atoms with van der Waals surface area (Å²) in [6.07, 6.45) is 1.71. The van der Waals surface area contributed by atoms with Crippen molar-refractivity contribution in [2.24, 2.45) is 0 Å². The summed E-state index contributed by atoms with van der Waals surface area (Å²) in [7, 11) is 1.58. The number of para-hydroxylation sites is 1. The summed E-state index contributed by atoms with van der Waals surface area (Å²) in [4.78, 5) is 18.1. The Morgan fingerprint density at radius 3 is 2.59 bits per heavy atom. The number of nitrogens with one attached hydrogen (secondary N) is 1. The van der Waals surface area contributed by atoms with Gasteiger partial charge in [-0.15, -0.1) is 0 Å². The third-order valence-corrected chi connectivity index (χ3v) is 5.65. The highest BCUT2D eigenvalue weighted by atomic mass is 19.1. The first-order valence-electron chi connectivity index (χ1n) is 10.7. The second-order valence-electron chi connectivity index (χ2n) is 7.79. The lowest BCUT2D eigenvalue weighted by Crippen LogP contribution is -2.13. The van der Waals surface area contributed by atoms with Crippen molar-refractivity contribution in [3.8, 4) is 22.7 Å². The van der Waals surface area contributed by atoms with E-state index in [0.29, 0.717) is 28.2 Å². The van der Waals surface area contributed by atoms with Crippen LogP contribution >= 0.6 is 0 Å². The molecule has 2 aromatic heterocycles. The van der Waals surface area contributed by atoms with Crippen molar-refractivity contribution >= 4 is 22.5 Å². The largest absolute Gasteiger partial charge is 0.497 e. The van der Waals surface area contributed by atoms with Crippen LogP contribution < -0.4 is 10.1 Å². The predicted molar refractivity (Wildman–Crippen MR) is 130 cm³/mol. The molecule has 34 heavy (non-hydrogen) atoms. The number of anilines is 1. The number of rotatable bonds is 5. The van der Waals surface area contributed by atoms with Crippen molar-refractivity contribution in [2.75, 3.05) is 12.4 Å². The Morgan fingerprint density at radius 2 is 1.79 bits per heavy atom. The van der Waals surface area contributed by atoms with Gasteiger partial charge in [0.15, 0.2) is 0 Å². The lowest BCUT2D eigenvalue weighted by Gasteiger charge is -2.11. The summed E-state index contributed by atoms with van der Waals surface area (Å²) in [5.41, 5.74) is 4.80. The van der Waals surface area contributed by atoms with E-state index in [1.165, 1.54) is 12.1 Å². The van der Waals surface area contributed by atoms with Crippen molar-refractivity contribution in [1.82, 2.24) is 14.8 Å². The molecule has 2 heterocycles. The summed E-state index contributed by atoms with van der Waals surface area (Å²) in [6.45, 7) is 1.92. The number of halogens is 1. The number of hydrogen-bond donors (Lipinski definition) is 1. The van der Waals surface area contributed by atoms with E-state index in [2.05, 4.69) is 10.4 Å². The molecule has 0 bridgehead atoms. The molecule has 7 heteroatoms. The van der Waals surface area contributed by atoms with Crippen LogP contribution in [-0.2, 0) is 0 Å². The number of methoxy groups -OCH3 is 1. The third kappa shape index (κ3) is 3.99. The summed E-state index contributed by atoms with van der Waals surface area (Å²) in [5, 5.41) is 8.17. The fourth-order valence-electron chi connectivity index (χ4n) is 3.90. The molecule has 6 nitrogen and oxygen atoms in total. The zero-order chi connectivity index (χ0) is 23.7. The molecule has 0 saturated heterocycles. The Morgan fingerprint density at radius 1 is 1.00 bits per heavy atom. The van der Waals surface area contributed by atoms with Gasteiger partial charge >= 0.3 is 0 Å². The highest BCUT2D eigenvalue weighted by molar-refractivity contribution is 6.13. The van der Waals surface area contributed by atoms with E-state index in [9.17, 15) is 9.18 Å². The Bertz CT molecular complexity index is 1510. The van der Waals surface area contributed by atoms with Crippen LogP contribution in [0.4, 0.5) is 10.1 Å². The zero-order valence-electron chi connectivity index (χ0n) is 18.6. The van der Waals surface area contributed by atoms with E-state index in [4.69, 9.17) is 9.72 Å². The average Bonchev–Trinajstić information content (AvgIpc) is 3.25. The van der Waals surface area contributed by atoms with Gasteiger partial charge in [0.1, 0.15) is 11.6 Å². The second kappa shape index (κ2) is 8.78. The maximum Gasteiger partial charge on any atom is 0.256 e. The van der Waals surface area contributed by atoms with Gasteiger partial charge in [0.05, 0.1) is 41.5 Å². The lowest BCUT2D eigenvalue weighted by molar-refractivity contribution is 0.102. The van der Waals surface area contributed by atoms with Crippen molar-refractivity contribution in [2.45, 2.75) is 6.92 Å². The van der Waals surface area contributed by atoms with Crippen LogP contribution in [-0.4, -0.2) is 27.8 Å². The van der Waals surface area contributed by atoms with E-state index < -0.39 is 0 Å². The van der Waals surface area contributed by atoms with E-state index in [0.717, 1.165) is 22.3 Å². The molecule has 168 valence electrons. The summed E-state index contributed by atoms with van der Waals surface area (Å²) >= 11 is 0. The first-order valence-corrected chi connectivity index (χ1v) is 10.7. The van der Waals surface area contributed by atoms with Crippen LogP contribution in [0.15, 0.2) is 85.1 Å². The molecule has 0 aliphatic rings. The smallest absolute Gasteiger partial charge is 0.256 e. The van der Waals surface area contributed by atoms with Crippen LogP contribution in [0, 0.1) is 12.7 Å². The molecular formula is C27H21FN4O2. The van der Waals surface area contributed by atoms with Gasteiger partial charge in [0.25, 0.3) is 5.91 Å². The van der Waals surface area contributed by atoms with Gasteiger partial charge < -0.3 is 10.1 Å². The number of aromatic nitrogens is 3. The highest BCUT2D eigenvalue weighted by Gasteiger charge is 2.17. The molecule has 0 aliphatic carbocycles. The number of benzene rings is 3. The normalized spacial score (nSPS) is 10.9. The Balaban J connectivity index is 1.57. The maximum absolute atomic E-state index is 13.4. The molecule has 1 N–H and O–H groups in total. The summed E-state index contributed by atoms with van der Waals surface area (Å²) in [6, 6.07) is 22.6. The quantitative estimate of drug-likeness (QED) is 0.366. The van der Waals surface area contributed by atoms with Gasteiger partial charge in [-0.2, -0.15) is 5.10 Å². The molecule has 0 saturated carbocycles. The Kier molecular flexibility index (Phi) is 5.51. The molecule has 5 aromatic rings. The third-order valence-electron chi connectivity index (χ3n) is 5.65. The second-order valence-corrected chi connectivity index (χ2v) is 7.79. The standard InChI is InChI=1S/C27H21FN4O2/c1-17-24(16-29-32(17)20-12-10-18(28)11-13-20)26-15-23(22-8-3-4-9-25(22)31-26)27(33)30-19-6-5-7-21(14-19)34-2/h3-16H,1-2H3,(H,30,33). The van der Waals surface area contributed by atoms with Gasteiger partial charge in [0.2, 0.25) is 0 Å². The number of carbonyl (C=O) groups is 1. The van der Waals surface area contributed by atoms with Gasteiger partial charge in [-0.25, -0.2) is 14.1 Å². The van der Waals surface area contributed by atoms with Crippen molar-refractivity contribution in [3.63, 3.8) is 0 Å². The number of amides is 1. The lowest BCUT2D eigenvalue weighted by atomic mass is 10.0. The van der Waals surface area contributed by atoms with Gasteiger partial charge in [0, 0.05) is 22.7 Å². The van der Waals surface area contributed by atoms with E-state index >= 15 is 0 Å². The molecule has 0 unspecified atom stereocenters. The van der Waals surface area contributed by atoms with Gasteiger partial charge in [-0.1, -0.05) is 24.3 Å². The van der Waals surface area contributed by atoms with E-state index in [1.54, 1.807) is 42.3 Å². The SMILES string of the molecule is COc1cccc(NC(=O)c2cc(-c3cnn(-c4ccc(F)cc4)c3C)nc3ccccc23)c1. The molecule has 5 rings (SSSR count). The fourth-order valence-corrected chi connectivity index (χ4v) is 3.90. The number of fused-ring (bicyclic) bond motifs is 1. The molecule has 1 amide bonds. The predicted octanol–water partition coefficient (Wildman–Crippen LogP) is 5.80.